The van der Waals surface area contributed by atoms with E-state index < -0.39 is 11.6 Å². The van der Waals surface area contributed by atoms with Crippen molar-refractivity contribution < 1.29 is 8.78 Å². The molecule has 0 bridgehead atoms. The van der Waals surface area contributed by atoms with Gasteiger partial charge in [0.2, 0.25) is 0 Å². The fourth-order valence-corrected chi connectivity index (χ4v) is 2.26. The van der Waals surface area contributed by atoms with Gasteiger partial charge in [0.1, 0.15) is 16.8 Å². The second-order valence-corrected chi connectivity index (χ2v) is 4.49. The minimum absolute atomic E-state index is 0.224. The van der Waals surface area contributed by atoms with Crippen LogP contribution in [0.25, 0.3) is 0 Å². The number of hydrogen-bond acceptors (Lipinski definition) is 2. The highest BCUT2D eigenvalue weighted by Crippen LogP contribution is 2.30. The molecule has 1 nitrogen and oxygen atoms in total. The fourth-order valence-electron chi connectivity index (χ4n) is 1.13. The summed E-state index contributed by atoms with van der Waals surface area (Å²) >= 11 is 6.79. The molecule has 2 aromatic rings. The lowest BCUT2D eigenvalue weighted by molar-refractivity contribution is 0.577. The molecule has 1 heterocycles. The monoisotopic (exact) mass is 257 g/mol. The molecule has 0 fully saturated rings. The zero-order chi connectivity index (χ0) is 11.5. The van der Waals surface area contributed by atoms with Crippen molar-refractivity contribution in [1.82, 2.24) is 4.98 Å². The van der Waals surface area contributed by atoms with Crippen molar-refractivity contribution in [1.29, 1.82) is 0 Å². The summed E-state index contributed by atoms with van der Waals surface area (Å²) in [4.78, 5) is 4.74. The van der Waals surface area contributed by atoms with E-state index in [1.165, 1.54) is 6.20 Å². The van der Waals surface area contributed by atoms with Gasteiger partial charge < -0.3 is 0 Å². The van der Waals surface area contributed by atoms with Crippen LogP contribution in [0.4, 0.5) is 8.78 Å². The molecule has 82 valence electrons. The minimum atomic E-state index is -0.468. The summed E-state index contributed by atoms with van der Waals surface area (Å²) in [5.41, 5.74) is 0. The maximum atomic E-state index is 13.3. The molecule has 0 aliphatic rings. The standard InChI is InChI=1S/C11H6ClF2NS/c12-11-6-8(3-4-15-11)16-10-5-7(13)1-2-9(10)14/h1-6H. The third-order valence-corrected chi connectivity index (χ3v) is 3.05. The Morgan fingerprint density at radius 1 is 1.12 bits per heavy atom. The molecular weight excluding hydrogens is 252 g/mol. The summed E-state index contributed by atoms with van der Waals surface area (Å²) in [5.74, 6) is -0.927. The number of halogens is 3. The van der Waals surface area contributed by atoms with Crippen molar-refractivity contribution in [3.8, 4) is 0 Å². The fraction of sp³-hybridized carbons (Fsp3) is 0. The highest BCUT2D eigenvalue weighted by molar-refractivity contribution is 7.99. The van der Waals surface area contributed by atoms with Crippen molar-refractivity contribution in [3.05, 3.63) is 53.3 Å². The second kappa shape index (κ2) is 4.80. The molecule has 16 heavy (non-hydrogen) atoms. The van der Waals surface area contributed by atoms with Crippen molar-refractivity contribution in [3.63, 3.8) is 0 Å². The van der Waals surface area contributed by atoms with Crippen LogP contribution in [0.3, 0.4) is 0 Å². The van der Waals surface area contributed by atoms with Gasteiger partial charge in [-0.2, -0.15) is 0 Å². The molecule has 0 saturated heterocycles. The predicted octanol–water partition coefficient (Wildman–Crippen LogP) is 4.16. The van der Waals surface area contributed by atoms with Gasteiger partial charge in [-0.1, -0.05) is 23.4 Å². The second-order valence-electron chi connectivity index (χ2n) is 2.99. The summed E-state index contributed by atoms with van der Waals surface area (Å²) < 4.78 is 26.2. The Hall–Kier alpha value is -1.13. The van der Waals surface area contributed by atoms with E-state index in [0.29, 0.717) is 10.0 Å². The molecule has 0 unspecified atom stereocenters. The maximum Gasteiger partial charge on any atom is 0.137 e. The average Bonchev–Trinajstić information content (AvgIpc) is 2.24. The van der Waals surface area contributed by atoms with E-state index in [1.807, 2.05) is 0 Å². The Kier molecular flexibility index (Phi) is 3.41. The first-order valence-corrected chi connectivity index (χ1v) is 5.59. The SMILES string of the molecule is Fc1ccc(F)c(Sc2ccnc(Cl)c2)c1. The molecular formula is C11H6ClF2NS. The van der Waals surface area contributed by atoms with Crippen LogP contribution in [0.2, 0.25) is 5.15 Å². The number of nitrogens with zero attached hydrogens (tertiary/aromatic N) is 1. The molecule has 0 amide bonds. The van der Waals surface area contributed by atoms with Crippen LogP contribution in [-0.4, -0.2) is 4.98 Å². The Morgan fingerprint density at radius 2 is 1.94 bits per heavy atom. The molecule has 1 aromatic heterocycles. The number of hydrogen-bond donors (Lipinski definition) is 0. The van der Waals surface area contributed by atoms with Gasteiger partial charge in [0.15, 0.2) is 0 Å². The largest absolute Gasteiger partial charge is 0.244 e. The van der Waals surface area contributed by atoms with Crippen LogP contribution in [0.15, 0.2) is 46.3 Å². The molecule has 0 atom stereocenters. The van der Waals surface area contributed by atoms with Gasteiger partial charge in [0, 0.05) is 11.1 Å². The summed E-state index contributed by atoms with van der Waals surface area (Å²) in [6.07, 6.45) is 1.52. The van der Waals surface area contributed by atoms with Crippen LogP contribution in [0.1, 0.15) is 0 Å². The quantitative estimate of drug-likeness (QED) is 0.749. The molecule has 0 N–H and O–H groups in total. The van der Waals surface area contributed by atoms with E-state index in [1.54, 1.807) is 12.1 Å². The first-order chi connectivity index (χ1) is 7.65. The Bertz CT molecular complexity index is 519. The lowest BCUT2D eigenvalue weighted by atomic mass is 10.3. The van der Waals surface area contributed by atoms with E-state index in [0.717, 1.165) is 30.0 Å². The topological polar surface area (TPSA) is 12.9 Å². The van der Waals surface area contributed by atoms with Crippen LogP contribution in [0.5, 0.6) is 0 Å². The smallest absolute Gasteiger partial charge is 0.137 e. The molecule has 2 rings (SSSR count). The average molecular weight is 258 g/mol. The number of benzene rings is 1. The van der Waals surface area contributed by atoms with Crippen LogP contribution < -0.4 is 0 Å². The zero-order valence-electron chi connectivity index (χ0n) is 7.95. The van der Waals surface area contributed by atoms with E-state index in [9.17, 15) is 8.78 Å². The molecule has 0 radical (unpaired) electrons. The Morgan fingerprint density at radius 3 is 2.69 bits per heavy atom. The normalized spacial score (nSPS) is 10.4. The Labute approximate surface area is 100 Å². The third kappa shape index (κ3) is 2.71. The van der Waals surface area contributed by atoms with Crippen molar-refractivity contribution in [2.24, 2.45) is 0 Å². The van der Waals surface area contributed by atoms with E-state index >= 15 is 0 Å². The summed E-state index contributed by atoms with van der Waals surface area (Å²) in [6, 6.07) is 6.60. The molecule has 0 aliphatic carbocycles. The van der Waals surface area contributed by atoms with Gasteiger partial charge in [-0.25, -0.2) is 13.8 Å². The number of aromatic nitrogens is 1. The van der Waals surface area contributed by atoms with E-state index in [2.05, 4.69) is 4.98 Å². The summed E-state index contributed by atoms with van der Waals surface area (Å²) in [7, 11) is 0. The molecule has 5 heteroatoms. The van der Waals surface area contributed by atoms with Crippen molar-refractivity contribution in [2.75, 3.05) is 0 Å². The molecule has 0 saturated carbocycles. The van der Waals surface area contributed by atoms with Gasteiger partial charge in [0.25, 0.3) is 0 Å². The Balaban J connectivity index is 2.30. The van der Waals surface area contributed by atoms with Crippen LogP contribution in [-0.2, 0) is 0 Å². The summed E-state index contributed by atoms with van der Waals surface area (Å²) in [6.45, 7) is 0. The third-order valence-electron chi connectivity index (χ3n) is 1.82. The minimum Gasteiger partial charge on any atom is -0.244 e. The first kappa shape index (κ1) is 11.4. The molecule has 0 aliphatic heterocycles. The van der Waals surface area contributed by atoms with E-state index in [-0.39, 0.29) is 4.90 Å². The highest BCUT2D eigenvalue weighted by Gasteiger charge is 2.06. The lowest BCUT2D eigenvalue weighted by Crippen LogP contribution is -1.84. The molecule has 0 spiro atoms. The first-order valence-electron chi connectivity index (χ1n) is 4.39. The van der Waals surface area contributed by atoms with Crippen molar-refractivity contribution in [2.45, 2.75) is 9.79 Å². The van der Waals surface area contributed by atoms with Crippen molar-refractivity contribution >= 4 is 23.4 Å². The van der Waals surface area contributed by atoms with Gasteiger partial charge >= 0.3 is 0 Å². The van der Waals surface area contributed by atoms with E-state index in [4.69, 9.17) is 11.6 Å². The van der Waals surface area contributed by atoms with Gasteiger partial charge in [-0.05, 0) is 30.3 Å². The van der Waals surface area contributed by atoms with Gasteiger partial charge in [-0.15, -0.1) is 0 Å². The van der Waals surface area contributed by atoms with Crippen LogP contribution >= 0.6 is 23.4 Å². The highest BCUT2D eigenvalue weighted by atomic mass is 35.5. The maximum absolute atomic E-state index is 13.3. The number of rotatable bonds is 2. The number of pyridine rings is 1. The van der Waals surface area contributed by atoms with Gasteiger partial charge in [-0.3, -0.25) is 0 Å². The zero-order valence-corrected chi connectivity index (χ0v) is 9.53. The van der Waals surface area contributed by atoms with Crippen LogP contribution in [0, 0.1) is 11.6 Å². The summed E-state index contributed by atoms with van der Waals surface area (Å²) in [5, 5.41) is 0.321. The lowest BCUT2D eigenvalue weighted by Gasteiger charge is -2.03. The predicted molar refractivity (Wildman–Crippen MR) is 59.7 cm³/mol. The van der Waals surface area contributed by atoms with Gasteiger partial charge in [0.05, 0.1) is 4.90 Å². The molecule has 1 aromatic carbocycles.